The molecule has 0 spiro atoms. The van der Waals surface area contributed by atoms with Crippen molar-refractivity contribution in [2.24, 2.45) is 5.92 Å². The molecule has 1 aromatic carbocycles. The Morgan fingerprint density at radius 1 is 1.08 bits per heavy atom. The molecular formula is C18H26ClN3O2. The Labute approximate surface area is 148 Å². The van der Waals surface area contributed by atoms with E-state index in [-0.39, 0.29) is 0 Å². The van der Waals surface area contributed by atoms with Gasteiger partial charge in [0.05, 0.1) is 0 Å². The van der Waals surface area contributed by atoms with E-state index in [0.29, 0.717) is 25.0 Å². The molecule has 0 radical (unpaired) electrons. The van der Waals surface area contributed by atoms with Crippen LogP contribution in [-0.4, -0.2) is 72.2 Å². The van der Waals surface area contributed by atoms with Crippen LogP contribution in [0.5, 0.6) is 0 Å². The lowest BCUT2D eigenvalue weighted by molar-refractivity contribution is 0.0484. The zero-order chi connectivity index (χ0) is 17.1. The predicted molar refractivity (Wildman–Crippen MR) is 95.6 cm³/mol. The van der Waals surface area contributed by atoms with Gasteiger partial charge in [-0.15, -0.1) is 0 Å². The molecule has 1 amide bonds. The van der Waals surface area contributed by atoms with E-state index in [2.05, 4.69) is 29.0 Å². The summed E-state index contributed by atoms with van der Waals surface area (Å²) in [6, 6.07) is 8.55. The molecule has 1 aromatic rings. The molecular weight excluding hydrogens is 326 g/mol. The van der Waals surface area contributed by atoms with Crippen molar-refractivity contribution in [2.45, 2.75) is 18.9 Å². The number of benzene rings is 1. The van der Waals surface area contributed by atoms with Gasteiger partial charge in [-0.2, -0.15) is 0 Å². The van der Waals surface area contributed by atoms with Gasteiger partial charge in [-0.1, -0.05) is 23.7 Å². The topological polar surface area (TPSA) is 47.0 Å². The number of hydrogen-bond acceptors (Lipinski definition) is 3. The van der Waals surface area contributed by atoms with E-state index < -0.39 is 6.09 Å². The number of carbonyl (C=O) groups is 1. The van der Waals surface area contributed by atoms with Crippen molar-refractivity contribution in [3.05, 3.63) is 34.9 Å². The van der Waals surface area contributed by atoms with E-state index in [1.807, 2.05) is 12.1 Å². The van der Waals surface area contributed by atoms with Crippen LogP contribution in [-0.2, 0) is 0 Å². The fraction of sp³-hybridized carbons (Fsp3) is 0.611. The summed E-state index contributed by atoms with van der Waals surface area (Å²) in [6.45, 7) is 5.03. The van der Waals surface area contributed by atoms with Crippen LogP contribution in [0.15, 0.2) is 24.3 Å². The van der Waals surface area contributed by atoms with Gasteiger partial charge in [0.15, 0.2) is 0 Å². The lowest BCUT2D eigenvalue weighted by Gasteiger charge is -2.44. The van der Waals surface area contributed by atoms with Gasteiger partial charge in [-0.05, 0) is 56.6 Å². The molecule has 0 aromatic heterocycles. The van der Waals surface area contributed by atoms with E-state index in [1.165, 1.54) is 23.3 Å². The maximum Gasteiger partial charge on any atom is 0.407 e. The molecule has 1 atom stereocenters. The first-order valence-corrected chi connectivity index (χ1v) is 9.08. The molecule has 132 valence electrons. The number of piperazine rings is 1. The summed E-state index contributed by atoms with van der Waals surface area (Å²) in [6.07, 6.45) is 1.56. The quantitative estimate of drug-likeness (QED) is 0.909. The maximum absolute atomic E-state index is 11.2. The van der Waals surface area contributed by atoms with Crippen LogP contribution in [0.4, 0.5) is 4.79 Å². The van der Waals surface area contributed by atoms with Gasteiger partial charge in [0, 0.05) is 37.2 Å². The van der Waals surface area contributed by atoms with Gasteiger partial charge in [0.2, 0.25) is 0 Å². The molecule has 0 bridgehead atoms. The average Bonchev–Trinajstić information content (AvgIpc) is 2.59. The van der Waals surface area contributed by atoms with E-state index >= 15 is 0 Å². The number of amides is 1. The van der Waals surface area contributed by atoms with Crippen molar-refractivity contribution >= 4 is 17.7 Å². The minimum absolute atomic E-state index is 0.354. The van der Waals surface area contributed by atoms with Gasteiger partial charge in [0.25, 0.3) is 0 Å². The van der Waals surface area contributed by atoms with Crippen LogP contribution in [0, 0.1) is 5.92 Å². The Bertz CT molecular complexity index is 550. The second-order valence-electron chi connectivity index (χ2n) is 6.94. The Hall–Kier alpha value is -1.30. The van der Waals surface area contributed by atoms with Crippen molar-refractivity contribution in [1.29, 1.82) is 0 Å². The number of halogens is 1. The summed E-state index contributed by atoms with van der Waals surface area (Å²) in [4.78, 5) is 17.5. The van der Waals surface area contributed by atoms with E-state index in [1.54, 1.807) is 0 Å². The lowest BCUT2D eigenvalue weighted by Crippen LogP contribution is -2.51. The molecule has 0 saturated carbocycles. The first-order chi connectivity index (χ1) is 11.5. The minimum Gasteiger partial charge on any atom is -0.465 e. The highest BCUT2D eigenvalue weighted by molar-refractivity contribution is 6.30. The smallest absolute Gasteiger partial charge is 0.407 e. The second-order valence-corrected chi connectivity index (χ2v) is 7.38. The number of likely N-dealkylation sites (tertiary alicyclic amines) is 1. The number of carboxylic acid groups (broad SMARTS) is 1. The van der Waals surface area contributed by atoms with Crippen LogP contribution in [0.1, 0.15) is 24.4 Å². The zero-order valence-electron chi connectivity index (χ0n) is 14.2. The van der Waals surface area contributed by atoms with Crippen LogP contribution in [0.3, 0.4) is 0 Å². The molecule has 2 saturated heterocycles. The molecule has 0 aliphatic carbocycles. The van der Waals surface area contributed by atoms with Gasteiger partial charge in [-0.25, -0.2) is 4.79 Å². The van der Waals surface area contributed by atoms with Crippen LogP contribution in [0.2, 0.25) is 5.02 Å². The van der Waals surface area contributed by atoms with Gasteiger partial charge < -0.3 is 14.9 Å². The first kappa shape index (κ1) is 17.5. The molecule has 2 fully saturated rings. The van der Waals surface area contributed by atoms with E-state index in [9.17, 15) is 9.90 Å². The summed E-state index contributed by atoms with van der Waals surface area (Å²) < 4.78 is 0. The Balaban J connectivity index is 1.77. The van der Waals surface area contributed by atoms with Crippen LogP contribution < -0.4 is 0 Å². The molecule has 1 unspecified atom stereocenters. The summed E-state index contributed by atoms with van der Waals surface area (Å²) in [7, 11) is 2.18. The fourth-order valence-corrected chi connectivity index (χ4v) is 4.10. The third-order valence-electron chi connectivity index (χ3n) is 5.40. The molecule has 2 aliphatic rings. The molecule has 1 N–H and O–H groups in total. The van der Waals surface area contributed by atoms with Crippen molar-refractivity contribution in [2.75, 3.05) is 46.3 Å². The van der Waals surface area contributed by atoms with Gasteiger partial charge in [-0.3, -0.25) is 4.90 Å². The van der Waals surface area contributed by atoms with E-state index in [4.69, 9.17) is 11.6 Å². The van der Waals surface area contributed by atoms with Gasteiger partial charge in [0.1, 0.15) is 0 Å². The summed E-state index contributed by atoms with van der Waals surface area (Å²) in [5.41, 5.74) is 1.30. The van der Waals surface area contributed by atoms with Crippen molar-refractivity contribution in [3.63, 3.8) is 0 Å². The van der Waals surface area contributed by atoms with Crippen molar-refractivity contribution in [3.8, 4) is 0 Å². The fourth-order valence-electron chi connectivity index (χ4n) is 3.98. The largest absolute Gasteiger partial charge is 0.465 e. The highest BCUT2D eigenvalue weighted by atomic mass is 35.5. The van der Waals surface area contributed by atoms with Gasteiger partial charge >= 0.3 is 6.09 Å². The summed E-state index contributed by atoms with van der Waals surface area (Å²) in [5, 5.41) is 9.94. The maximum atomic E-state index is 11.2. The second kappa shape index (κ2) is 7.72. The van der Waals surface area contributed by atoms with Crippen molar-refractivity contribution < 1.29 is 9.90 Å². The lowest BCUT2D eigenvalue weighted by atomic mass is 9.84. The number of hydrogen-bond donors (Lipinski definition) is 1. The third-order valence-corrected chi connectivity index (χ3v) is 5.65. The normalized spacial score (nSPS) is 22.5. The molecule has 3 rings (SSSR count). The van der Waals surface area contributed by atoms with Crippen molar-refractivity contribution in [1.82, 2.24) is 14.7 Å². The van der Waals surface area contributed by atoms with Crippen LogP contribution >= 0.6 is 11.6 Å². The standard InChI is InChI=1S/C18H26ClN3O2/c1-20-8-6-15(7-9-20)17(14-2-4-16(19)5-3-14)21-10-12-22(13-11-21)18(23)24/h2-5,15,17H,6-13H2,1H3,(H,23,24). The highest BCUT2D eigenvalue weighted by Crippen LogP contribution is 2.36. The third kappa shape index (κ3) is 4.02. The highest BCUT2D eigenvalue weighted by Gasteiger charge is 2.33. The Kier molecular flexibility index (Phi) is 5.64. The minimum atomic E-state index is -0.808. The first-order valence-electron chi connectivity index (χ1n) is 8.70. The predicted octanol–water partition coefficient (Wildman–Crippen LogP) is 3.02. The molecule has 5 nitrogen and oxygen atoms in total. The SMILES string of the molecule is CN1CCC(C(c2ccc(Cl)cc2)N2CCN(C(=O)O)CC2)CC1. The summed E-state index contributed by atoms with van der Waals surface area (Å²) >= 11 is 6.07. The molecule has 2 aliphatic heterocycles. The van der Waals surface area contributed by atoms with Crippen LogP contribution in [0.25, 0.3) is 0 Å². The molecule has 2 heterocycles. The average molecular weight is 352 g/mol. The number of piperidine rings is 1. The molecule has 24 heavy (non-hydrogen) atoms. The zero-order valence-corrected chi connectivity index (χ0v) is 15.0. The molecule has 6 heteroatoms. The summed E-state index contributed by atoms with van der Waals surface area (Å²) in [5.74, 6) is 0.610. The number of rotatable bonds is 3. The van der Waals surface area contributed by atoms with E-state index in [0.717, 1.165) is 31.2 Å². The Morgan fingerprint density at radius 3 is 2.21 bits per heavy atom. The Morgan fingerprint density at radius 2 is 1.67 bits per heavy atom. The number of nitrogens with zero attached hydrogens (tertiary/aromatic N) is 3. The monoisotopic (exact) mass is 351 g/mol.